The number of hydrogen-bond donors (Lipinski definition) is 2. The third kappa shape index (κ3) is 2.76. The first-order chi connectivity index (χ1) is 10.2. The van der Waals surface area contributed by atoms with Gasteiger partial charge in [0, 0.05) is 15.8 Å². The molecule has 0 aliphatic heterocycles. The molecule has 0 radical (unpaired) electrons. The number of carbonyl (C=O) groups is 1. The normalized spacial score (nSPS) is 12.5. The van der Waals surface area contributed by atoms with Crippen molar-refractivity contribution in [3.05, 3.63) is 56.8 Å². The standard InChI is InChI=1S/C16H15BrN2OS/c1-2-11(13-8-5-9-21-13)19-16(20)15-14(17)10-6-3-4-7-12(10)18-15/h3-9,11,18H,2H2,1H3,(H,19,20). The molecule has 5 heteroatoms. The molecule has 108 valence electrons. The first kappa shape index (κ1) is 14.4. The lowest BCUT2D eigenvalue weighted by Crippen LogP contribution is -2.28. The summed E-state index contributed by atoms with van der Waals surface area (Å²) in [4.78, 5) is 16.9. The molecule has 2 heterocycles. The van der Waals surface area contributed by atoms with Gasteiger partial charge < -0.3 is 10.3 Å². The molecule has 0 saturated carbocycles. The zero-order valence-corrected chi connectivity index (χ0v) is 13.9. The number of aromatic nitrogens is 1. The molecule has 3 aromatic rings. The fourth-order valence-electron chi connectivity index (χ4n) is 2.36. The number of halogens is 1. The maximum absolute atomic E-state index is 12.5. The van der Waals surface area contributed by atoms with Gasteiger partial charge in [-0.25, -0.2) is 0 Å². The molecule has 0 aliphatic rings. The van der Waals surface area contributed by atoms with Crippen LogP contribution in [0.2, 0.25) is 0 Å². The Hall–Kier alpha value is -1.59. The number of benzene rings is 1. The third-order valence-corrected chi connectivity index (χ3v) is 5.28. The van der Waals surface area contributed by atoms with Crippen LogP contribution in [0.3, 0.4) is 0 Å². The summed E-state index contributed by atoms with van der Waals surface area (Å²) in [7, 11) is 0. The predicted octanol–water partition coefficient (Wildman–Crippen LogP) is 4.87. The van der Waals surface area contributed by atoms with E-state index in [2.05, 4.69) is 39.2 Å². The lowest BCUT2D eigenvalue weighted by Gasteiger charge is -2.15. The van der Waals surface area contributed by atoms with E-state index in [0.29, 0.717) is 5.69 Å². The molecular formula is C16H15BrN2OS. The number of hydrogen-bond acceptors (Lipinski definition) is 2. The minimum absolute atomic E-state index is 0.0517. The second-order valence-corrected chi connectivity index (χ2v) is 6.58. The molecule has 1 unspecified atom stereocenters. The summed E-state index contributed by atoms with van der Waals surface area (Å²) in [6, 6.07) is 12.0. The van der Waals surface area contributed by atoms with E-state index in [1.807, 2.05) is 35.7 Å². The van der Waals surface area contributed by atoms with E-state index in [0.717, 1.165) is 21.8 Å². The zero-order chi connectivity index (χ0) is 14.8. The van der Waals surface area contributed by atoms with Gasteiger partial charge in [0.05, 0.1) is 10.5 Å². The van der Waals surface area contributed by atoms with Crippen LogP contribution in [0.25, 0.3) is 10.9 Å². The van der Waals surface area contributed by atoms with Crippen LogP contribution in [0.4, 0.5) is 0 Å². The van der Waals surface area contributed by atoms with Gasteiger partial charge in [-0.15, -0.1) is 11.3 Å². The number of carbonyl (C=O) groups excluding carboxylic acids is 1. The van der Waals surface area contributed by atoms with Crippen molar-refractivity contribution in [3.8, 4) is 0 Å². The molecule has 2 N–H and O–H groups in total. The number of H-pyrrole nitrogens is 1. The van der Waals surface area contributed by atoms with Crippen molar-refractivity contribution in [1.82, 2.24) is 10.3 Å². The van der Waals surface area contributed by atoms with Crippen LogP contribution in [0.1, 0.15) is 34.8 Å². The summed E-state index contributed by atoms with van der Waals surface area (Å²) < 4.78 is 0.816. The maximum Gasteiger partial charge on any atom is 0.269 e. The quantitative estimate of drug-likeness (QED) is 0.682. The minimum Gasteiger partial charge on any atom is -0.350 e. The average molecular weight is 363 g/mol. The molecule has 21 heavy (non-hydrogen) atoms. The van der Waals surface area contributed by atoms with Crippen LogP contribution in [-0.4, -0.2) is 10.9 Å². The van der Waals surface area contributed by atoms with Crippen molar-refractivity contribution >= 4 is 44.1 Å². The van der Waals surface area contributed by atoms with Gasteiger partial charge in [-0.05, 0) is 39.9 Å². The lowest BCUT2D eigenvalue weighted by molar-refractivity contribution is 0.0931. The Morgan fingerprint density at radius 1 is 1.33 bits per heavy atom. The molecule has 3 nitrogen and oxygen atoms in total. The molecule has 0 saturated heterocycles. The van der Waals surface area contributed by atoms with Gasteiger partial charge in [-0.3, -0.25) is 4.79 Å². The van der Waals surface area contributed by atoms with E-state index in [1.165, 1.54) is 4.88 Å². The second-order valence-electron chi connectivity index (χ2n) is 4.81. The van der Waals surface area contributed by atoms with Crippen molar-refractivity contribution in [2.45, 2.75) is 19.4 Å². The molecule has 1 aromatic carbocycles. The first-order valence-electron chi connectivity index (χ1n) is 6.81. The summed E-state index contributed by atoms with van der Waals surface area (Å²) in [5, 5.41) is 6.15. The van der Waals surface area contributed by atoms with E-state index in [4.69, 9.17) is 0 Å². The number of aromatic amines is 1. The molecule has 0 bridgehead atoms. The Bertz CT molecular complexity index is 764. The van der Waals surface area contributed by atoms with E-state index in [1.54, 1.807) is 11.3 Å². The van der Waals surface area contributed by atoms with E-state index in [9.17, 15) is 4.79 Å². The van der Waals surface area contributed by atoms with Gasteiger partial charge in [0.2, 0.25) is 0 Å². The molecule has 1 atom stereocenters. The van der Waals surface area contributed by atoms with E-state index >= 15 is 0 Å². The average Bonchev–Trinajstić information content (AvgIpc) is 3.13. The van der Waals surface area contributed by atoms with Crippen LogP contribution in [0.15, 0.2) is 46.3 Å². The first-order valence-corrected chi connectivity index (χ1v) is 8.48. The fourth-order valence-corrected chi connectivity index (χ4v) is 3.84. The highest BCUT2D eigenvalue weighted by molar-refractivity contribution is 9.10. The largest absolute Gasteiger partial charge is 0.350 e. The van der Waals surface area contributed by atoms with Crippen molar-refractivity contribution in [3.63, 3.8) is 0 Å². The highest BCUT2D eigenvalue weighted by Gasteiger charge is 2.19. The Kier molecular flexibility index (Phi) is 4.12. The Balaban J connectivity index is 1.88. The molecule has 3 rings (SSSR count). The van der Waals surface area contributed by atoms with Gasteiger partial charge in [0.15, 0.2) is 0 Å². The molecule has 1 amide bonds. The van der Waals surface area contributed by atoms with Crippen LogP contribution >= 0.6 is 27.3 Å². The van der Waals surface area contributed by atoms with Gasteiger partial charge >= 0.3 is 0 Å². The minimum atomic E-state index is -0.0849. The van der Waals surface area contributed by atoms with Crippen molar-refractivity contribution in [2.24, 2.45) is 0 Å². The van der Waals surface area contributed by atoms with Crippen LogP contribution < -0.4 is 5.32 Å². The van der Waals surface area contributed by atoms with Gasteiger partial charge in [-0.2, -0.15) is 0 Å². The zero-order valence-electron chi connectivity index (χ0n) is 11.5. The number of para-hydroxylation sites is 1. The number of fused-ring (bicyclic) bond motifs is 1. The second kappa shape index (κ2) is 6.03. The molecular weight excluding hydrogens is 348 g/mol. The van der Waals surface area contributed by atoms with Crippen molar-refractivity contribution < 1.29 is 4.79 Å². The van der Waals surface area contributed by atoms with Gasteiger partial charge in [0.1, 0.15) is 5.69 Å². The summed E-state index contributed by atoms with van der Waals surface area (Å²) in [6.45, 7) is 2.07. The van der Waals surface area contributed by atoms with E-state index < -0.39 is 0 Å². The Labute approximate surface area is 135 Å². The van der Waals surface area contributed by atoms with Crippen LogP contribution in [-0.2, 0) is 0 Å². The third-order valence-electron chi connectivity index (χ3n) is 3.47. The van der Waals surface area contributed by atoms with Crippen molar-refractivity contribution in [1.29, 1.82) is 0 Å². The number of rotatable bonds is 4. The summed E-state index contributed by atoms with van der Waals surface area (Å²) in [6.07, 6.45) is 0.865. The molecule has 0 spiro atoms. The Morgan fingerprint density at radius 3 is 2.81 bits per heavy atom. The summed E-state index contributed by atoms with van der Waals surface area (Å²) >= 11 is 5.19. The summed E-state index contributed by atoms with van der Waals surface area (Å²) in [5.74, 6) is -0.0849. The monoisotopic (exact) mass is 362 g/mol. The fraction of sp³-hybridized carbons (Fsp3) is 0.188. The topological polar surface area (TPSA) is 44.9 Å². The highest BCUT2D eigenvalue weighted by atomic mass is 79.9. The van der Waals surface area contributed by atoms with Crippen molar-refractivity contribution in [2.75, 3.05) is 0 Å². The highest BCUT2D eigenvalue weighted by Crippen LogP contribution is 2.29. The maximum atomic E-state index is 12.5. The van der Waals surface area contributed by atoms with Gasteiger partial charge in [-0.1, -0.05) is 31.2 Å². The van der Waals surface area contributed by atoms with Gasteiger partial charge in [0.25, 0.3) is 5.91 Å². The number of nitrogens with one attached hydrogen (secondary N) is 2. The molecule has 2 aromatic heterocycles. The van der Waals surface area contributed by atoms with Crippen LogP contribution in [0, 0.1) is 0 Å². The van der Waals surface area contributed by atoms with E-state index in [-0.39, 0.29) is 11.9 Å². The molecule has 0 fully saturated rings. The molecule has 0 aliphatic carbocycles. The van der Waals surface area contributed by atoms with Crippen LogP contribution in [0.5, 0.6) is 0 Å². The lowest BCUT2D eigenvalue weighted by atomic mass is 10.2. The summed E-state index contributed by atoms with van der Waals surface area (Å²) in [5.41, 5.74) is 1.53. The SMILES string of the molecule is CCC(NC(=O)c1[nH]c2ccccc2c1Br)c1cccs1. The Morgan fingerprint density at radius 2 is 2.14 bits per heavy atom. The number of thiophene rings is 1. The smallest absolute Gasteiger partial charge is 0.269 e. The number of amides is 1. The predicted molar refractivity (Wildman–Crippen MR) is 90.8 cm³/mol.